The highest BCUT2D eigenvalue weighted by Gasteiger charge is 2.07. The Balaban J connectivity index is 0.000000597. The van der Waals surface area contributed by atoms with E-state index in [9.17, 15) is 14.4 Å². The van der Waals surface area contributed by atoms with Crippen molar-refractivity contribution in [3.8, 4) is 0 Å². The van der Waals surface area contributed by atoms with E-state index < -0.39 is 17.9 Å². The van der Waals surface area contributed by atoms with Crippen molar-refractivity contribution in [2.24, 2.45) is 0 Å². The van der Waals surface area contributed by atoms with Gasteiger partial charge in [-0.25, -0.2) is 9.59 Å². The summed E-state index contributed by atoms with van der Waals surface area (Å²) in [7, 11) is 0. The molecular weight excluding hydrogens is 340 g/mol. The Kier molecular flexibility index (Phi) is 9.80. The predicted octanol–water partition coefficient (Wildman–Crippen LogP) is 3.11. The van der Waals surface area contributed by atoms with Crippen LogP contribution in [0.3, 0.4) is 0 Å². The molecule has 1 N–H and O–H groups in total. The van der Waals surface area contributed by atoms with Gasteiger partial charge in [-0.15, -0.1) is 0 Å². The molecule has 0 unspecified atom stereocenters. The predicted molar refractivity (Wildman–Crippen MR) is 92.5 cm³/mol. The number of benzene rings is 2. The molecule has 2 aromatic rings. The van der Waals surface area contributed by atoms with Gasteiger partial charge in [-0.05, 0) is 24.3 Å². The highest BCUT2D eigenvalue weighted by molar-refractivity contribution is 5.89. The van der Waals surface area contributed by atoms with E-state index in [-0.39, 0.29) is 20.0 Å². The monoisotopic (exact) mass is 360 g/mol. The summed E-state index contributed by atoms with van der Waals surface area (Å²) in [5.74, 6) is -1.74. The molecule has 0 bridgehead atoms. The van der Waals surface area contributed by atoms with Crippen LogP contribution in [0.1, 0.15) is 34.1 Å². The third-order valence-corrected chi connectivity index (χ3v) is 2.87. The molecular formula is C19H20O7. The molecule has 0 atom stereocenters. The smallest absolute Gasteiger partial charge is 0.340 e. The van der Waals surface area contributed by atoms with Crippen LogP contribution in [-0.4, -0.2) is 36.6 Å². The Bertz CT molecular complexity index is 630. The highest BCUT2D eigenvalue weighted by Crippen LogP contribution is 2.02. The zero-order valence-corrected chi connectivity index (χ0v) is 14.3. The fraction of sp³-hybridized carbons (Fsp3) is 0.211. The van der Waals surface area contributed by atoms with Gasteiger partial charge in [-0.3, -0.25) is 4.79 Å². The fourth-order valence-corrected chi connectivity index (χ4v) is 1.54. The molecule has 2 rings (SSSR count). The summed E-state index contributed by atoms with van der Waals surface area (Å²) in [6, 6.07) is 17.1. The van der Waals surface area contributed by atoms with Crippen LogP contribution in [0.2, 0.25) is 0 Å². The minimum Gasteiger partial charge on any atom is -0.481 e. The highest BCUT2D eigenvalue weighted by atomic mass is 16.8. The third-order valence-electron chi connectivity index (χ3n) is 2.87. The van der Waals surface area contributed by atoms with E-state index in [0.717, 1.165) is 0 Å². The number of carbonyl (C=O) groups is 3. The van der Waals surface area contributed by atoms with Gasteiger partial charge in [0.1, 0.15) is 0 Å². The van der Waals surface area contributed by atoms with Crippen molar-refractivity contribution in [3.05, 3.63) is 71.8 Å². The number of aliphatic carboxylic acids is 1. The number of carboxylic acid groups (broad SMARTS) is 1. The van der Waals surface area contributed by atoms with Crippen molar-refractivity contribution >= 4 is 17.9 Å². The van der Waals surface area contributed by atoms with Gasteiger partial charge in [-0.1, -0.05) is 43.3 Å². The van der Waals surface area contributed by atoms with Crippen molar-refractivity contribution in [1.29, 1.82) is 0 Å². The molecule has 2 aromatic carbocycles. The second kappa shape index (κ2) is 12.2. The van der Waals surface area contributed by atoms with Crippen LogP contribution in [0.4, 0.5) is 0 Å². The zero-order chi connectivity index (χ0) is 19.2. The summed E-state index contributed by atoms with van der Waals surface area (Å²) in [5, 5.41) is 7.72. The second-order valence-corrected chi connectivity index (χ2v) is 4.78. The largest absolute Gasteiger partial charge is 0.481 e. The van der Waals surface area contributed by atoms with Crippen LogP contribution in [0.15, 0.2) is 60.7 Å². The van der Waals surface area contributed by atoms with E-state index >= 15 is 0 Å². The lowest BCUT2D eigenvalue weighted by Crippen LogP contribution is -2.13. The molecule has 0 saturated heterocycles. The summed E-state index contributed by atoms with van der Waals surface area (Å²) in [6.45, 7) is 1.04. The molecule has 7 nitrogen and oxygen atoms in total. The SMILES string of the molecule is CCC(=O)O.O=C(OCOCOC(=O)c1ccccc1)c1ccccc1. The van der Waals surface area contributed by atoms with E-state index in [2.05, 4.69) is 0 Å². The minimum absolute atomic E-state index is 0.222. The van der Waals surface area contributed by atoms with Gasteiger partial charge in [0.25, 0.3) is 0 Å². The number of ether oxygens (including phenoxy) is 3. The molecule has 26 heavy (non-hydrogen) atoms. The van der Waals surface area contributed by atoms with Gasteiger partial charge >= 0.3 is 17.9 Å². The number of hydrogen-bond donors (Lipinski definition) is 1. The molecule has 0 aliphatic carbocycles. The van der Waals surface area contributed by atoms with Gasteiger partial charge in [-0.2, -0.15) is 0 Å². The average Bonchev–Trinajstić information content (AvgIpc) is 2.69. The number of rotatable bonds is 7. The van der Waals surface area contributed by atoms with E-state index in [1.54, 1.807) is 67.6 Å². The molecule has 0 heterocycles. The lowest BCUT2D eigenvalue weighted by molar-refractivity contribution is -0.136. The molecule has 0 aliphatic rings. The Morgan fingerprint density at radius 2 is 1.12 bits per heavy atom. The molecule has 0 saturated carbocycles. The van der Waals surface area contributed by atoms with Crippen LogP contribution >= 0.6 is 0 Å². The molecule has 7 heteroatoms. The van der Waals surface area contributed by atoms with E-state index in [1.165, 1.54) is 0 Å². The van der Waals surface area contributed by atoms with Gasteiger partial charge in [0.15, 0.2) is 13.6 Å². The maximum atomic E-state index is 11.6. The first kappa shape index (κ1) is 20.9. The molecule has 0 fully saturated rings. The maximum Gasteiger partial charge on any atom is 0.340 e. The molecule has 0 spiro atoms. The number of carboxylic acids is 1. The Morgan fingerprint density at radius 1 is 0.769 bits per heavy atom. The first-order chi connectivity index (χ1) is 12.5. The number of esters is 2. The van der Waals surface area contributed by atoms with Crippen LogP contribution < -0.4 is 0 Å². The molecule has 0 aliphatic heterocycles. The number of carbonyl (C=O) groups excluding carboxylic acids is 2. The summed E-state index contributed by atoms with van der Waals surface area (Å²) in [6.07, 6.45) is 0.222. The van der Waals surface area contributed by atoms with E-state index in [4.69, 9.17) is 19.3 Å². The zero-order valence-electron chi connectivity index (χ0n) is 14.3. The molecule has 0 radical (unpaired) electrons. The number of hydrogen-bond acceptors (Lipinski definition) is 6. The molecule has 0 aromatic heterocycles. The van der Waals surface area contributed by atoms with Crippen LogP contribution in [0.25, 0.3) is 0 Å². The van der Waals surface area contributed by atoms with E-state index in [0.29, 0.717) is 11.1 Å². The summed E-state index contributed by atoms with van der Waals surface area (Å²) >= 11 is 0. The van der Waals surface area contributed by atoms with Crippen LogP contribution in [-0.2, 0) is 19.0 Å². The molecule has 138 valence electrons. The standard InChI is InChI=1S/C16H14O5.C3H6O2/c17-15(13-7-3-1-4-8-13)20-11-19-12-21-16(18)14-9-5-2-6-10-14;1-2-3(4)5/h1-10H,11-12H2;2H2,1H3,(H,4,5). The third kappa shape index (κ3) is 8.60. The van der Waals surface area contributed by atoms with Crippen molar-refractivity contribution in [3.63, 3.8) is 0 Å². The fourth-order valence-electron chi connectivity index (χ4n) is 1.54. The minimum atomic E-state index is -0.745. The topological polar surface area (TPSA) is 99.1 Å². The van der Waals surface area contributed by atoms with Crippen molar-refractivity contribution in [1.82, 2.24) is 0 Å². The summed E-state index contributed by atoms with van der Waals surface area (Å²) in [5.41, 5.74) is 0.866. The maximum absolute atomic E-state index is 11.6. The van der Waals surface area contributed by atoms with Crippen molar-refractivity contribution in [2.75, 3.05) is 13.6 Å². The van der Waals surface area contributed by atoms with Gasteiger partial charge in [0.05, 0.1) is 11.1 Å². The van der Waals surface area contributed by atoms with Crippen LogP contribution in [0, 0.1) is 0 Å². The quantitative estimate of drug-likeness (QED) is 0.460. The Morgan fingerprint density at radius 3 is 1.42 bits per heavy atom. The van der Waals surface area contributed by atoms with Gasteiger partial charge in [0.2, 0.25) is 0 Å². The average molecular weight is 360 g/mol. The first-order valence-electron chi connectivity index (χ1n) is 7.78. The molecule has 0 amide bonds. The lowest BCUT2D eigenvalue weighted by atomic mass is 10.2. The van der Waals surface area contributed by atoms with Gasteiger partial charge in [0, 0.05) is 6.42 Å². The van der Waals surface area contributed by atoms with Crippen molar-refractivity contribution in [2.45, 2.75) is 13.3 Å². The Hall–Kier alpha value is -3.19. The first-order valence-corrected chi connectivity index (χ1v) is 7.78. The van der Waals surface area contributed by atoms with E-state index in [1.807, 2.05) is 0 Å². The Labute approximate surface area is 151 Å². The van der Waals surface area contributed by atoms with Crippen molar-refractivity contribution < 1.29 is 33.7 Å². The normalized spacial score (nSPS) is 9.42. The summed E-state index contributed by atoms with van der Waals surface area (Å²) < 4.78 is 14.7. The second-order valence-electron chi connectivity index (χ2n) is 4.78. The lowest BCUT2D eigenvalue weighted by Gasteiger charge is -2.07. The summed E-state index contributed by atoms with van der Waals surface area (Å²) in [4.78, 5) is 32.5. The van der Waals surface area contributed by atoms with Crippen LogP contribution in [0.5, 0.6) is 0 Å². The van der Waals surface area contributed by atoms with Gasteiger partial charge < -0.3 is 19.3 Å².